The summed E-state index contributed by atoms with van der Waals surface area (Å²) in [6, 6.07) is -0.849. The van der Waals surface area contributed by atoms with Crippen molar-refractivity contribution in [1.29, 1.82) is 0 Å². The number of aliphatic hydroxyl groups excluding tert-OH is 4. The molecule has 12 nitrogen and oxygen atoms in total. The molecule has 7 unspecified atom stereocenters. The van der Waals surface area contributed by atoms with Crippen molar-refractivity contribution < 1.29 is 51.8 Å². The van der Waals surface area contributed by atoms with E-state index in [2.05, 4.69) is 23.3 Å². The SMILES string of the molecule is CCCCCCCCCCCCCCCCC(=O)NC(COC1OC(CO)C(O)C(OS(=O)(=O)O)C1O)C(O)CCCCCCCCCCCCCCC. The predicted molar refractivity (Wildman–Crippen MR) is 213 cm³/mol. The summed E-state index contributed by atoms with van der Waals surface area (Å²) in [6.07, 6.45) is 23.9. The highest BCUT2D eigenvalue weighted by molar-refractivity contribution is 7.80. The zero-order valence-electron chi connectivity index (χ0n) is 34.1. The second kappa shape index (κ2) is 33.1. The van der Waals surface area contributed by atoms with Crippen LogP contribution in [0.15, 0.2) is 0 Å². The number of carbonyl (C=O) groups is 1. The smallest absolute Gasteiger partial charge is 0.394 e. The molecule has 322 valence electrons. The first-order valence-electron chi connectivity index (χ1n) is 21.9. The number of carbonyl (C=O) groups excluding carboxylic acids is 1. The Bertz CT molecular complexity index is 988. The minimum atomic E-state index is -5.07. The maximum atomic E-state index is 13.0. The average molecular weight is 796 g/mol. The molecule has 0 aromatic rings. The van der Waals surface area contributed by atoms with Gasteiger partial charge in [0.1, 0.15) is 24.4 Å². The molecule has 6 N–H and O–H groups in total. The van der Waals surface area contributed by atoms with Crippen LogP contribution in [0.4, 0.5) is 0 Å². The van der Waals surface area contributed by atoms with Gasteiger partial charge in [-0.2, -0.15) is 8.42 Å². The first kappa shape index (κ1) is 51.1. The number of hydrogen-bond acceptors (Lipinski definition) is 10. The van der Waals surface area contributed by atoms with E-state index >= 15 is 0 Å². The number of rotatable bonds is 37. The minimum absolute atomic E-state index is 0.228. The van der Waals surface area contributed by atoms with Crippen LogP contribution < -0.4 is 5.32 Å². The van der Waals surface area contributed by atoms with Gasteiger partial charge in [0.25, 0.3) is 0 Å². The van der Waals surface area contributed by atoms with E-state index in [1.54, 1.807) is 0 Å². The third-order valence-electron chi connectivity index (χ3n) is 10.7. The maximum Gasteiger partial charge on any atom is 0.397 e. The summed E-state index contributed by atoms with van der Waals surface area (Å²) in [5.74, 6) is -0.228. The Labute approximate surface area is 328 Å². The standard InChI is InChI=1S/C41H81NO11S/c1-3-5-7-9-11-13-15-17-19-21-23-25-27-29-31-37(45)42-34(35(44)30-28-26-24-22-20-18-16-14-12-10-8-6-4-2)33-51-41-39(47)40(53-54(48,49)50)38(46)36(32-43)52-41/h34-36,38-41,43-44,46-47H,3-33H2,1-2H3,(H,42,45)(H,48,49,50). The molecule has 1 rings (SSSR count). The highest BCUT2D eigenvalue weighted by Crippen LogP contribution is 2.26. The molecule has 1 amide bonds. The van der Waals surface area contributed by atoms with Gasteiger partial charge in [-0.05, 0) is 12.8 Å². The normalized spacial score (nSPS) is 21.6. The lowest BCUT2D eigenvalue weighted by molar-refractivity contribution is -0.298. The third kappa shape index (κ3) is 26.1. The molecule has 0 radical (unpaired) electrons. The molecule has 1 fully saturated rings. The van der Waals surface area contributed by atoms with E-state index in [4.69, 9.17) is 14.0 Å². The van der Waals surface area contributed by atoms with Gasteiger partial charge in [-0.15, -0.1) is 0 Å². The second-order valence-corrected chi connectivity index (χ2v) is 16.7. The topological polar surface area (TPSA) is 192 Å². The van der Waals surface area contributed by atoms with Crippen molar-refractivity contribution in [2.24, 2.45) is 0 Å². The molecule has 0 bridgehead atoms. The van der Waals surface area contributed by atoms with Gasteiger partial charge in [0.15, 0.2) is 6.29 Å². The monoisotopic (exact) mass is 796 g/mol. The van der Waals surface area contributed by atoms with Crippen LogP contribution in [0.2, 0.25) is 0 Å². The number of aliphatic hydroxyl groups is 4. The van der Waals surface area contributed by atoms with Crippen molar-refractivity contribution in [3.63, 3.8) is 0 Å². The van der Waals surface area contributed by atoms with Crippen molar-refractivity contribution in [3.8, 4) is 0 Å². The van der Waals surface area contributed by atoms with Gasteiger partial charge in [0.05, 0.1) is 25.4 Å². The molecule has 0 aromatic heterocycles. The Morgan fingerprint density at radius 1 is 0.667 bits per heavy atom. The van der Waals surface area contributed by atoms with Gasteiger partial charge in [0.2, 0.25) is 5.91 Å². The molecule has 0 aromatic carbocycles. The van der Waals surface area contributed by atoms with Gasteiger partial charge < -0.3 is 35.2 Å². The highest BCUT2D eigenvalue weighted by Gasteiger charge is 2.48. The van der Waals surface area contributed by atoms with E-state index in [1.807, 2.05) is 0 Å². The van der Waals surface area contributed by atoms with Crippen LogP contribution in [0, 0.1) is 0 Å². The van der Waals surface area contributed by atoms with Crippen molar-refractivity contribution in [3.05, 3.63) is 0 Å². The van der Waals surface area contributed by atoms with Crippen LogP contribution in [0.25, 0.3) is 0 Å². The van der Waals surface area contributed by atoms with Crippen molar-refractivity contribution >= 4 is 16.3 Å². The quantitative estimate of drug-likeness (QED) is 0.0265. The lowest BCUT2D eigenvalue weighted by Gasteiger charge is -2.41. The Balaban J connectivity index is 2.53. The minimum Gasteiger partial charge on any atom is -0.394 e. The van der Waals surface area contributed by atoms with Gasteiger partial charge in [0, 0.05) is 6.42 Å². The summed E-state index contributed by atoms with van der Waals surface area (Å²) in [5.41, 5.74) is 0. The van der Waals surface area contributed by atoms with E-state index in [0.29, 0.717) is 12.8 Å². The summed E-state index contributed by atoms with van der Waals surface area (Å²) in [6.45, 7) is 3.44. The van der Waals surface area contributed by atoms with Crippen LogP contribution in [0.3, 0.4) is 0 Å². The zero-order chi connectivity index (χ0) is 39.9. The van der Waals surface area contributed by atoms with E-state index in [1.165, 1.54) is 122 Å². The second-order valence-electron chi connectivity index (χ2n) is 15.6. The summed E-state index contributed by atoms with van der Waals surface area (Å²) in [7, 11) is -5.07. The van der Waals surface area contributed by atoms with E-state index in [9.17, 15) is 33.6 Å². The molecule has 1 saturated heterocycles. The van der Waals surface area contributed by atoms with Crippen LogP contribution in [0.1, 0.15) is 200 Å². The largest absolute Gasteiger partial charge is 0.397 e. The number of hydrogen-bond donors (Lipinski definition) is 6. The summed E-state index contributed by atoms with van der Waals surface area (Å²) >= 11 is 0. The average Bonchev–Trinajstić information content (AvgIpc) is 3.14. The first-order chi connectivity index (χ1) is 26.0. The fourth-order valence-electron chi connectivity index (χ4n) is 7.22. The zero-order valence-corrected chi connectivity index (χ0v) is 34.9. The first-order valence-corrected chi connectivity index (χ1v) is 23.3. The van der Waals surface area contributed by atoms with Crippen LogP contribution in [-0.2, 0) is 28.9 Å². The Morgan fingerprint density at radius 3 is 1.48 bits per heavy atom. The third-order valence-corrected chi connectivity index (χ3v) is 11.1. The van der Waals surface area contributed by atoms with Crippen molar-refractivity contribution in [1.82, 2.24) is 5.32 Å². The molecule has 0 saturated carbocycles. The molecule has 1 aliphatic rings. The lowest BCUT2D eigenvalue weighted by Crippen LogP contribution is -2.61. The Morgan fingerprint density at radius 2 is 1.07 bits per heavy atom. The van der Waals surface area contributed by atoms with E-state index < -0.39 is 59.9 Å². The molecule has 1 heterocycles. The summed E-state index contributed by atoms with van der Waals surface area (Å²) in [5, 5.41) is 44.7. The molecule has 13 heteroatoms. The Kier molecular flexibility index (Phi) is 31.3. The number of unbranched alkanes of at least 4 members (excludes halogenated alkanes) is 25. The fraction of sp³-hybridized carbons (Fsp3) is 0.976. The molecule has 0 spiro atoms. The molecule has 0 aliphatic carbocycles. The lowest BCUT2D eigenvalue weighted by atomic mass is 9.99. The van der Waals surface area contributed by atoms with Gasteiger partial charge in [-0.25, -0.2) is 4.18 Å². The van der Waals surface area contributed by atoms with Gasteiger partial charge >= 0.3 is 10.4 Å². The van der Waals surface area contributed by atoms with Crippen molar-refractivity contribution in [2.45, 2.75) is 243 Å². The molecule has 7 atom stereocenters. The number of nitrogens with one attached hydrogen (secondary N) is 1. The van der Waals surface area contributed by atoms with Gasteiger partial charge in [-0.3, -0.25) is 9.35 Å². The van der Waals surface area contributed by atoms with E-state index in [0.717, 1.165) is 51.4 Å². The summed E-state index contributed by atoms with van der Waals surface area (Å²) < 4.78 is 47.5. The maximum absolute atomic E-state index is 13.0. The highest BCUT2D eigenvalue weighted by atomic mass is 32.3. The van der Waals surface area contributed by atoms with Gasteiger partial charge in [-0.1, -0.05) is 181 Å². The molecule has 1 aliphatic heterocycles. The van der Waals surface area contributed by atoms with Crippen LogP contribution in [0.5, 0.6) is 0 Å². The number of ether oxygens (including phenoxy) is 2. The van der Waals surface area contributed by atoms with Crippen molar-refractivity contribution in [2.75, 3.05) is 13.2 Å². The molecular formula is C41H81NO11S. The molecule has 54 heavy (non-hydrogen) atoms. The van der Waals surface area contributed by atoms with Crippen LogP contribution >= 0.6 is 0 Å². The predicted octanol–water partition coefficient (Wildman–Crippen LogP) is 7.83. The van der Waals surface area contributed by atoms with Crippen LogP contribution in [-0.4, -0.2) is 95.4 Å². The fourth-order valence-corrected chi connectivity index (χ4v) is 7.73. The molecular weight excluding hydrogens is 715 g/mol. The van der Waals surface area contributed by atoms with E-state index in [-0.39, 0.29) is 12.5 Å². The number of amides is 1. The Hall–Kier alpha value is -0.900. The summed E-state index contributed by atoms with van der Waals surface area (Å²) in [4.78, 5) is 13.0.